The normalized spacial score (nSPS) is 11.5. The Bertz CT molecular complexity index is 623. The molecule has 0 radical (unpaired) electrons. The fraction of sp³-hybridized carbons (Fsp3) is 0.375. The minimum atomic E-state index is -0.0747. The number of halogens is 1. The minimum absolute atomic E-state index is 0.0747. The van der Waals surface area contributed by atoms with Crippen molar-refractivity contribution in [1.29, 1.82) is 0 Å². The lowest BCUT2D eigenvalue weighted by atomic mass is 9.96. The lowest BCUT2D eigenvalue weighted by Gasteiger charge is -2.18. The summed E-state index contributed by atoms with van der Waals surface area (Å²) in [5.74, 6) is 1.74. The van der Waals surface area contributed by atoms with E-state index >= 15 is 0 Å². The number of benzene rings is 1. The first-order chi connectivity index (χ1) is 9.90. The van der Waals surface area contributed by atoms with Gasteiger partial charge in [0.25, 0.3) is 0 Å². The van der Waals surface area contributed by atoms with Crippen LogP contribution in [0.25, 0.3) is 0 Å². The molecule has 2 rings (SSSR count). The van der Waals surface area contributed by atoms with Crippen LogP contribution in [0, 0.1) is 0 Å². The van der Waals surface area contributed by atoms with Crippen molar-refractivity contribution in [2.75, 3.05) is 11.9 Å². The molecule has 0 aliphatic rings. The van der Waals surface area contributed by atoms with Gasteiger partial charge in [-0.15, -0.1) is 0 Å². The van der Waals surface area contributed by atoms with Crippen LogP contribution < -0.4 is 5.32 Å². The molecule has 0 amide bonds. The van der Waals surface area contributed by atoms with Gasteiger partial charge in [0.2, 0.25) is 0 Å². The molecule has 0 saturated carbocycles. The molecule has 1 heterocycles. The Morgan fingerprint density at radius 1 is 1.19 bits per heavy atom. The Hall–Kier alpha value is -1.07. The maximum Gasteiger partial charge on any atom is 0.137 e. The van der Waals surface area contributed by atoms with E-state index in [2.05, 4.69) is 60.0 Å². The Kier molecular flexibility index (Phi) is 5.27. The lowest BCUT2D eigenvalue weighted by Crippen LogP contribution is -2.17. The zero-order valence-electron chi connectivity index (χ0n) is 12.8. The summed E-state index contributed by atoms with van der Waals surface area (Å²) < 4.78 is 1.08. The maximum atomic E-state index is 4.71. The Morgan fingerprint density at radius 2 is 1.90 bits per heavy atom. The van der Waals surface area contributed by atoms with E-state index in [1.54, 1.807) is 11.8 Å². The van der Waals surface area contributed by atoms with E-state index in [0.29, 0.717) is 0 Å². The van der Waals surface area contributed by atoms with Crippen LogP contribution in [0.5, 0.6) is 0 Å². The van der Waals surface area contributed by atoms with Gasteiger partial charge < -0.3 is 5.32 Å². The largest absolute Gasteiger partial charge is 0.370 e. The van der Waals surface area contributed by atoms with Crippen LogP contribution in [-0.2, 0) is 5.41 Å². The molecule has 3 nitrogen and oxygen atoms in total. The van der Waals surface area contributed by atoms with E-state index < -0.39 is 0 Å². The molecule has 2 aromatic rings. The number of nitrogens with one attached hydrogen (secondary N) is 1. The first kappa shape index (κ1) is 16.3. The number of aromatic nitrogens is 2. The van der Waals surface area contributed by atoms with Crippen molar-refractivity contribution >= 4 is 33.5 Å². The zero-order valence-corrected chi connectivity index (χ0v) is 15.2. The van der Waals surface area contributed by atoms with Gasteiger partial charge >= 0.3 is 0 Å². The van der Waals surface area contributed by atoms with Gasteiger partial charge in [-0.2, -0.15) is 0 Å². The fourth-order valence-corrected chi connectivity index (χ4v) is 3.09. The summed E-state index contributed by atoms with van der Waals surface area (Å²) in [5, 5.41) is 4.24. The average molecular weight is 366 g/mol. The van der Waals surface area contributed by atoms with Crippen molar-refractivity contribution < 1.29 is 0 Å². The van der Waals surface area contributed by atoms with E-state index in [1.807, 2.05) is 24.3 Å². The smallest absolute Gasteiger partial charge is 0.137 e. The Balaban J connectivity index is 2.38. The second-order valence-electron chi connectivity index (χ2n) is 5.73. The van der Waals surface area contributed by atoms with E-state index in [0.717, 1.165) is 32.6 Å². The Morgan fingerprint density at radius 3 is 2.52 bits per heavy atom. The predicted molar refractivity (Wildman–Crippen MR) is 93.2 cm³/mol. The summed E-state index contributed by atoms with van der Waals surface area (Å²) in [6.07, 6.45) is 0. The van der Waals surface area contributed by atoms with Crippen molar-refractivity contribution in [3.8, 4) is 0 Å². The van der Waals surface area contributed by atoms with Crippen LogP contribution in [0.4, 0.5) is 5.82 Å². The summed E-state index contributed by atoms with van der Waals surface area (Å²) in [4.78, 5) is 10.5. The fourth-order valence-electron chi connectivity index (χ4n) is 1.72. The number of anilines is 1. The summed E-state index contributed by atoms with van der Waals surface area (Å²) in [7, 11) is 0. The van der Waals surface area contributed by atoms with Crippen molar-refractivity contribution in [3.05, 3.63) is 40.6 Å². The quantitative estimate of drug-likeness (QED) is 0.763. The highest BCUT2D eigenvalue weighted by Gasteiger charge is 2.19. The molecule has 0 aliphatic heterocycles. The molecule has 1 N–H and O–H groups in total. The molecule has 0 fully saturated rings. The molecular formula is C16H20BrN3S. The van der Waals surface area contributed by atoms with Crippen molar-refractivity contribution in [3.63, 3.8) is 0 Å². The van der Waals surface area contributed by atoms with E-state index in [-0.39, 0.29) is 5.41 Å². The zero-order chi connectivity index (χ0) is 15.5. The summed E-state index contributed by atoms with van der Waals surface area (Å²) in [6.45, 7) is 9.31. The van der Waals surface area contributed by atoms with Gasteiger partial charge in [-0.05, 0) is 35.0 Å². The van der Waals surface area contributed by atoms with Crippen molar-refractivity contribution in [2.24, 2.45) is 0 Å². The molecule has 0 bridgehead atoms. The number of nitrogens with zero attached hydrogens (tertiary/aromatic N) is 2. The molecule has 112 valence electrons. The number of hydrogen-bond donors (Lipinski definition) is 1. The van der Waals surface area contributed by atoms with Crippen molar-refractivity contribution in [2.45, 2.75) is 43.0 Å². The predicted octanol–water partition coefficient (Wildman–Crippen LogP) is 5.12. The van der Waals surface area contributed by atoms with Crippen LogP contribution in [0.1, 0.15) is 33.5 Å². The van der Waals surface area contributed by atoms with Gasteiger partial charge in [0.05, 0.1) is 0 Å². The van der Waals surface area contributed by atoms with Gasteiger partial charge in [-0.25, -0.2) is 9.97 Å². The molecule has 0 atom stereocenters. The number of hydrogen-bond acceptors (Lipinski definition) is 4. The molecule has 21 heavy (non-hydrogen) atoms. The van der Waals surface area contributed by atoms with Gasteiger partial charge in [-0.1, -0.05) is 44.7 Å². The van der Waals surface area contributed by atoms with Gasteiger partial charge in [0, 0.05) is 27.4 Å². The van der Waals surface area contributed by atoms with Crippen LogP contribution in [-0.4, -0.2) is 16.5 Å². The van der Waals surface area contributed by atoms with E-state index in [1.165, 1.54) is 0 Å². The molecule has 1 aromatic carbocycles. The topological polar surface area (TPSA) is 37.8 Å². The van der Waals surface area contributed by atoms with Gasteiger partial charge in [0.1, 0.15) is 16.7 Å². The van der Waals surface area contributed by atoms with Crippen LogP contribution in [0.3, 0.4) is 0 Å². The van der Waals surface area contributed by atoms with Crippen LogP contribution in [0.2, 0.25) is 0 Å². The second-order valence-corrected chi connectivity index (χ2v) is 7.64. The summed E-state index contributed by atoms with van der Waals surface area (Å²) in [5.41, 5.74) is -0.0747. The molecule has 0 spiro atoms. The monoisotopic (exact) mass is 365 g/mol. The second kappa shape index (κ2) is 6.79. The molecule has 0 saturated heterocycles. The average Bonchev–Trinajstić information content (AvgIpc) is 2.41. The molecule has 0 aliphatic carbocycles. The van der Waals surface area contributed by atoms with E-state index in [4.69, 9.17) is 4.98 Å². The van der Waals surface area contributed by atoms with Gasteiger partial charge in [0.15, 0.2) is 0 Å². The first-order valence-corrected chi connectivity index (χ1v) is 8.57. The third-order valence-electron chi connectivity index (χ3n) is 2.78. The minimum Gasteiger partial charge on any atom is -0.370 e. The molecule has 0 unspecified atom stereocenters. The molecule has 1 aromatic heterocycles. The summed E-state index contributed by atoms with van der Waals surface area (Å²) >= 11 is 5.23. The van der Waals surface area contributed by atoms with Gasteiger partial charge in [-0.3, -0.25) is 0 Å². The molecular weight excluding hydrogens is 346 g/mol. The first-order valence-electron chi connectivity index (χ1n) is 6.96. The third kappa shape index (κ3) is 4.45. The SMILES string of the molecule is CCNc1cc(Sc2ccccc2Br)nc(C(C)(C)C)n1. The lowest BCUT2D eigenvalue weighted by molar-refractivity contribution is 0.539. The standard InChI is InChI=1S/C16H20BrN3S/c1-5-18-13-10-14(20-15(19-13)16(2,3)4)21-12-9-7-6-8-11(12)17/h6-10H,5H2,1-4H3,(H,18,19,20). The summed E-state index contributed by atoms with van der Waals surface area (Å²) in [6, 6.07) is 10.2. The Labute approximate surface area is 139 Å². The third-order valence-corrected chi connectivity index (χ3v) is 4.73. The van der Waals surface area contributed by atoms with E-state index in [9.17, 15) is 0 Å². The van der Waals surface area contributed by atoms with Crippen LogP contribution >= 0.6 is 27.7 Å². The maximum absolute atomic E-state index is 4.71. The highest BCUT2D eigenvalue weighted by atomic mass is 79.9. The number of rotatable bonds is 4. The highest BCUT2D eigenvalue weighted by molar-refractivity contribution is 9.10. The van der Waals surface area contributed by atoms with Crippen LogP contribution in [0.15, 0.2) is 44.7 Å². The molecule has 5 heteroatoms. The van der Waals surface area contributed by atoms with Crippen molar-refractivity contribution in [1.82, 2.24) is 9.97 Å². The highest BCUT2D eigenvalue weighted by Crippen LogP contribution is 2.34.